The van der Waals surface area contributed by atoms with Crippen molar-refractivity contribution in [3.8, 4) is 17.2 Å². The third-order valence-electron chi connectivity index (χ3n) is 10.5. The fourth-order valence-electron chi connectivity index (χ4n) is 6.44. The van der Waals surface area contributed by atoms with Crippen molar-refractivity contribution in [2.45, 2.75) is 83.6 Å². The van der Waals surface area contributed by atoms with E-state index >= 15 is 0 Å². The molecule has 0 fully saturated rings. The monoisotopic (exact) mass is 805 g/mol. The van der Waals surface area contributed by atoms with Gasteiger partial charge in [-0.15, -0.1) is 0 Å². The zero-order valence-electron chi connectivity index (χ0n) is 35.4. The molecule has 3 aromatic rings. The molecule has 0 aromatic heterocycles. The molecule has 14 heteroatoms. The van der Waals surface area contributed by atoms with E-state index < -0.39 is 71.8 Å². The molecule has 0 spiro atoms. The van der Waals surface area contributed by atoms with Crippen LogP contribution in [-0.2, 0) is 52.7 Å². The Kier molecular flexibility index (Phi) is 17.5. The molecule has 316 valence electrons. The van der Waals surface area contributed by atoms with Gasteiger partial charge >= 0.3 is 11.9 Å². The third-order valence-corrected chi connectivity index (χ3v) is 10.5. The van der Waals surface area contributed by atoms with Gasteiger partial charge in [0.25, 0.3) is 11.7 Å². The first-order valence-electron chi connectivity index (χ1n) is 19.4. The van der Waals surface area contributed by atoms with E-state index in [9.17, 15) is 29.1 Å². The van der Waals surface area contributed by atoms with Crippen LogP contribution in [0.25, 0.3) is 0 Å². The molecule has 14 nitrogen and oxygen atoms in total. The van der Waals surface area contributed by atoms with Crippen molar-refractivity contribution in [3.05, 3.63) is 89.5 Å². The molecule has 3 amide bonds. The fraction of sp³-hybridized carbons (Fsp3) is 0.477. The van der Waals surface area contributed by atoms with Crippen molar-refractivity contribution in [3.63, 3.8) is 0 Å². The van der Waals surface area contributed by atoms with Crippen LogP contribution in [0.1, 0.15) is 50.8 Å². The summed E-state index contributed by atoms with van der Waals surface area (Å²) < 4.78 is 16.3. The molecular weight excluding hydrogens is 745 g/mol. The maximum Gasteiger partial charge on any atom is 0.328 e. The lowest BCUT2D eigenvalue weighted by Gasteiger charge is -2.36. The number of hydrogen-bond donors (Lipinski definition) is 2. The predicted molar refractivity (Wildman–Crippen MR) is 220 cm³/mol. The number of nitrogens with zero attached hydrogens (tertiary/aromatic N) is 3. The maximum absolute atomic E-state index is 14.5. The molecule has 0 aliphatic rings. The van der Waals surface area contributed by atoms with E-state index in [-0.39, 0.29) is 18.6 Å². The highest BCUT2D eigenvalue weighted by Gasteiger charge is 2.40. The molecule has 58 heavy (non-hydrogen) atoms. The van der Waals surface area contributed by atoms with Gasteiger partial charge in [0.15, 0.2) is 6.10 Å². The number of rotatable bonds is 20. The Morgan fingerprint density at radius 3 is 1.66 bits per heavy atom. The maximum atomic E-state index is 14.5. The van der Waals surface area contributed by atoms with Crippen LogP contribution < -0.4 is 10.1 Å². The number of nitrogens with one attached hydrogen (secondary N) is 1. The molecule has 0 radical (unpaired) electrons. The summed E-state index contributed by atoms with van der Waals surface area (Å²) in [5, 5.41) is 20.6. The van der Waals surface area contributed by atoms with Crippen molar-refractivity contribution in [2.24, 2.45) is 11.8 Å². The summed E-state index contributed by atoms with van der Waals surface area (Å²) in [6.07, 6.45) is -0.295. The number of hydrogen-bond acceptors (Lipinski definition) is 10. The summed E-state index contributed by atoms with van der Waals surface area (Å²) in [5.41, 5.74) is 2.20. The van der Waals surface area contributed by atoms with Gasteiger partial charge in [-0.05, 0) is 85.9 Å². The van der Waals surface area contributed by atoms with Gasteiger partial charge in [0.05, 0.1) is 14.2 Å². The van der Waals surface area contributed by atoms with Crippen LogP contribution in [0.4, 0.5) is 0 Å². The van der Waals surface area contributed by atoms with Crippen LogP contribution in [-0.4, -0.2) is 127 Å². The predicted octanol–water partition coefficient (Wildman–Crippen LogP) is 3.72. The highest BCUT2D eigenvalue weighted by molar-refractivity contribution is 5.95. The topological polar surface area (TPSA) is 178 Å². The van der Waals surface area contributed by atoms with Gasteiger partial charge in [0.2, 0.25) is 11.8 Å². The van der Waals surface area contributed by atoms with E-state index in [2.05, 4.69) is 5.32 Å². The Morgan fingerprint density at radius 1 is 0.690 bits per heavy atom. The van der Waals surface area contributed by atoms with Gasteiger partial charge < -0.3 is 39.5 Å². The minimum Gasteiger partial charge on any atom is -0.593 e. The first-order valence-corrected chi connectivity index (χ1v) is 19.4. The van der Waals surface area contributed by atoms with E-state index in [4.69, 9.17) is 19.3 Å². The van der Waals surface area contributed by atoms with Crippen LogP contribution >= 0.6 is 0 Å². The number of phenols is 1. The average Bonchev–Trinajstić information content (AvgIpc) is 3.21. The van der Waals surface area contributed by atoms with Crippen LogP contribution in [0.3, 0.4) is 0 Å². The smallest absolute Gasteiger partial charge is 0.328 e. The van der Waals surface area contributed by atoms with Gasteiger partial charge in [0.1, 0.15) is 35.7 Å². The summed E-state index contributed by atoms with van der Waals surface area (Å²) in [5.74, 6) is -2.91. The zero-order chi connectivity index (χ0) is 43.3. The molecule has 0 heterocycles. The standard InChI is InChI=1S/C44H60N4O10/c1-11-28(4)39(58-44(55)36(46(5)6)25-31-16-22-34(56-9)23-17-31)40(51)45-38(27(2)3)42(53)47(7)35(24-29-12-18-32(49)19-13-29)41(52)48(8)37(43(54)57-10)26-30-14-20-33(50)21-15-30/h12-23,27-28,35-39,49-50H,11,24-26H2,1-10H3,(H,45,51)/p+1/t28-,35+,36+,37+,38-,39+/m0/s1. The van der Waals surface area contributed by atoms with Crippen LogP contribution in [0.15, 0.2) is 72.8 Å². The highest BCUT2D eigenvalue weighted by Crippen LogP contribution is 2.22. The lowest BCUT2D eigenvalue weighted by atomic mass is 9.96. The van der Waals surface area contributed by atoms with Gasteiger partial charge in [-0.1, -0.05) is 52.0 Å². The van der Waals surface area contributed by atoms with Crippen molar-refractivity contribution in [1.82, 2.24) is 20.0 Å². The van der Waals surface area contributed by atoms with Crippen LogP contribution in [0, 0.1) is 11.8 Å². The Hall–Kier alpha value is -5.63. The minimum atomic E-state index is -1.22. The van der Waals surface area contributed by atoms with Crippen molar-refractivity contribution < 1.29 is 48.4 Å². The number of methoxy groups -OCH3 is 2. The van der Waals surface area contributed by atoms with E-state index in [0.29, 0.717) is 35.5 Å². The number of carbonyl (C=O) groups is 5. The van der Waals surface area contributed by atoms with E-state index in [1.54, 1.807) is 95.4 Å². The summed E-state index contributed by atoms with van der Waals surface area (Å²) in [7, 11) is 9.25. The molecule has 3 rings (SSSR count). The summed E-state index contributed by atoms with van der Waals surface area (Å²) >= 11 is 0. The number of likely N-dealkylation sites (N-methyl/N-ethyl adjacent to an activating group) is 3. The average molecular weight is 806 g/mol. The van der Waals surface area contributed by atoms with Gasteiger partial charge in [-0.2, -0.15) is 0 Å². The summed E-state index contributed by atoms with van der Waals surface area (Å²) in [6.45, 7) is 7.19. The summed E-state index contributed by atoms with van der Waals surface area (Å²) in [6, 6.07) is 16.0. The van der Waals surface area contributed by atoms with Gasteiger partial charge in [-0.25, -0.2) is 4.79 Å². The Bertz CT molecular complexity index is 1820. The lowest BCUT2D eigenvalue weighted by Crippen LogP contribution is -2.59. The number of benzene rings is 3. The molecule has 0 aliphatic heterocycles. The highest BCUT2D eigenvalue weighted by atomic mass is 16.6. The second kappa shape index (κ2) is 21.8. The quantitative estimate of drug-likeness (QED) is 0.126. The number of ether oxygens (including phenoxy) is 3. The Morgan fingerprint density at radius 2 is 1.17 bits per heavy atom. The molecule has 0 aliphatic carbocycles. The number of aromatic hydroxyl groups is 1. The van der Waals surface area contributed by atoms with Gasteiger partial charge in [-0.3, -0.25) is 24.1 Å². The SMILES string of the molecule is CC[C@H](C)[C@@H](OC(=O)[C@@H](Cc1ccc(OC)cc1)N(C)C)C(=O)N[C@H](C(=O)N(C)[C@H](Cc1ccc(O)cc1)C(=O)N(C)[C@H](Cc1ccc([OH2+])cc1)C(=O)OC)C(C)C. The lowest BCUT2D eigenvalue weighted by molar-refractivity contribution is -0.164. The van der Waals surface area contributed by atoms with Crippen molar-refractivity contribution >= 4 is 29.7 Å². The summed E-state index contributed by atoms with van der Waals surface area (Å²) in [4.78, 5) is 74.3. The second-order valence-corrected chi connectivity index (χ2v) is 15.2. The minimum absolute atomic E-state index is 0.0130. The first kappa shape index (κ1) is 46.8. The second-order valence-electron chi connectivity index (χ2n) is 15.2. The number of amides is 3. The molecule has 0 saturated carbocycles. The van der Waals surface area contributed by atoms with Crippen LogP contribution in [0.2, 0.25) is 0 Å². The normalized spacial score (nSPS) is 14.3. The van der Waals surface area contributed by atoms with Crippen molar-refractivity contribution in [2.75, 3.05) is 42.4 Å². The molecule has 6 atom stereocenters. The van der Waals surface area contributed by atoms with Crippen LogP contribution in [0.5, 0.6) is 17.2 Å². The van der Waals surface area contributed by atoms with E-state index in [1.165, 1.54) is 43.1 Å². The Balaban J connectivity index is 1.92. The molecule has 0 saturated heterocycles. The van der Waals surface area contributed by atoms with E-state index in [1.807, 2.05) is 19.1 Å². The van der Waals surface area contributed by atoms with E-state index in [0.717, 1.165) is 5.56 Å². The zero-order valence-corrected chi connectivity index (χ0v) is 35.4. The first-order chi connectivity index (χ1) is 27.4. The molecule has 0 unspecified atom stereocenters. The number of esters is 2. The van der Waals surface area contributed by atoms with Gasteiger partial charge in [0, 0.05) is 45.0 Å². The van der Waals surface area contributed by atoms with Crippen molar-refractivity contribution in [1.29, 1.82) is 0 Å². The molecular formula is C44H61N4O10+. The number of carbonyl (C=O) groups excluding carboxylic acids is 5. The molecule has 0 bridgehead atoms. The largest absolute Gasteiger partial charge is 0.593 e. The number of phenolic OH excluding ortho intramolecular Hbond substituents is 1. The fourth-order valence-corrected chi connectivity index (χ4v) is 6.44. The Labute approximate surface area is 342 Å². The molecule has 3 aromatic carbocycles. The third kappa shape index (κ3) is 12.7. The molecule has 4 N–H and O–H groups in total.